The van der Waals surface area contributed by atoms with E-state index in [2.05, 4.69) is 20.5 Å². The van der Waals surface area contributed by atoms with Gasteiger partial charge in [-0.2, -0.15) is 13.2 Å². The SMILES string of the molecule is Cc1nc(-c2ccc(F)cc2)sc1-c1ccc(SCC(=O)Nc2ccccc2C(F)(F)F)nn1. The molecule has 34 heavy (non-hydrogen) atoms. The van der Waals surface area contributed by atoms with Crippen molar-refractivity contribution in [2.75, 3.05) is 11.1 Å². The summed E-state index contributed by atoms with van der Waals surface area (Å²) in [5, 5.41) is 11.8. The third-order valence-electron chi connectivity index (χ3n) is 4.62. The Bertz CT molecular complexity index is 1310. The van der Waals surface area contributed by atoms with Crippen molar-refractivity contribution in [2.24, 2.45) is 0 Å². The number of hydrogen-bond donors (Lipinski definition) is 1. The molecule has 0 spiro atoms. The van der Waals surface area contributed by atoms with Gasteiger partial charge in [-0.25, -0.2) is 9.37 Å². The molecule has 0 aliphatic heterocycles. The first-order valence-electron chi connectivity index (χ1n) is 9.87. The van der Waals surface area contributed by atoms with Gasteiger partial charge in [-0.1, -0.05) is 23.9 Å². The molecule has 2 heterocycles. The predicted molar refractivity (Wildman–Crippen MR) is 124 cm³/mol. The van der Waals surface area contributed by atoms with E-state index in [4.69, 9.17) is 0 Å². The summed E-state index contributed by atoms with van der Waals surface area (Å²) in [7, 11) is 0. The van der Waals surface area contributed by atoms with Crippen LogP contribution in [0.1, 0.15) is 11.3 Å². The molecule has 4 aromatic rings. The zero-order valence-corrected chi connectivity index (χ0v) is 19.2. The molecule has 0 aliphatic rings. The highest BCUT2D eigenvalue weighted by Gasteiger charge is 2.33. The first-order valence-corrected chi connectivity index (χ1v) is 11.7. The van der Waals surface area contributed by atoms with Crippen molar-refractivity contribution in [1.82, 2.24) is 15.2 Å². The summed E-state index contributed by atoms with van der Waals surface area (Å²) < 4.78 is 52.4. The van der Waals surface area contributed by atoms with E-state index in [-0.39, 0.29) is 17.3 Å². The number of thioether (sulfide) groups is 1. The molecule has 0 atom stereocenters. The van der Waals surface area contributed by atoms with Crippen LogP contribution in [0.25, 0.3) is 21.1 Å². The van der Waals surface area contributed by atoms with Crippen molar-refractivity contribution in [3.05, 3.63) is 77.7 Å². The molecule has 0 saturated carbocycles. The van der Waals surface area contributed by atoms with Crippen molar-refractivity contribution in [3.63, 3.8) is 0 Å². The third kappa shape index (κ3) is 5.60. The number of alkyl halides is 3. The molecule has 1 N–H and O–H groups in total. The zero-order chi connectivity index (χ0) is 24.3. The van der Waals surface area contributed by atoms with Crippen LogP contribution in [-0.4, -0.2) is 26.8 Å². The Labute approximate surface area is 200 Å². The van der Waals surface area contributed by atoms with Crippen LogP contribution in [0.15, 0.2) is 65.7 Å². The van der Waals surface area contributed by atoms with Gasteiger partial charge in [0.15, 0.2) is 0 Å². The fraction of sp³-hybridized carbons (Fsp3) is 0.130. The van der Waals surface area contributed by atoms with E-state index in [1.165, 1.54) is 41.7 Å². The molecule has 0 fully saturated rings. The van der Waals surface area contributed by atoms with Gasteiger partial charge in [-0.3, -0.25) is 4.79 Å². The third-order valence-corrected chi connectivity index (χ3v) is 6.77. The topological polar surface area (TPSA) is 67.8 Å². The number of nitrogens with zero attached hydrogens (tertiary/aromatic N) is 3. The van der Waals surface area contributed by atoms with Crippen molar-refractivity contribution in [3.8, 4) is 21.1 Å². The number of rotatable bonds is 6. The fourth-order valence-corrected chi connectivity index (χ4v) is 4.68. The summed E-state index contributed by atoms with van der Waals surface area (Å²) in [6.07, 6.45) is -4.57. The van der Waals surface area contributed by atoms with Gasteiger partial charge in [-0.15, -0.1) is 21.5 Å². The van der Waals surface area contributed by atoms with Crippen LogP contribution in [0.5, 0.6) is 0 Å². The quantitative estimate of drug-likeness (QED) is 0.241. The minimum atomic E-state index is -4.57. The minimum absolute atomic E-state index is 0.130. The maximum Gasteiger partial charge on any atom is 0.418 e. The smallest absolute Gasteiger partial charge is 0.325 e. The molecule has 2 aromatic heterocycles. The van der Waals surface area contributed by atoms with E-state index < -0.39 is 17.6 Å². The lowest BCUT2D eigenvalue weighted by Gasteiger charge is -2.13. The van der Waals surface area contributed by atoms with Crippen LogP contribution in [-0.2, 0) is 11.0 Å². The molecule has 0 unspecified atom stereocenters. The Morgan fingerprint density at radius 2 is 1.76 bits per heavy atom. The monoisotopic (exact) mass is 504 g/mol. The van der Waals surface area contributed by atoms with E-state index in [9.17, 15) is 22.4 Å². The van der Waals surface area contributed by atoms with E-state index in [0.29, 0.717) is 10.7 Å². The summed E-state index contributed by atoms with van der Waals surface area (Å²) in [6, 6.07) is 14.3. The molecule has 0 aliphatic carbocycles. The zero-order valence-electron chi connectivity index (χ0n) is 17.6. The summed E-state index contributed by atoms with van der Waals surface area (Å²) >= 11 is 2.46. The molecule has 0 bridgehead atoms. The fourth-order valence-electron chi connectivity index (χ4n) is 3.03. The van der Waals surface area contributed by atoms with E-state index in [0.717, 1.165) is 39.0 Å². The molecule has 0 radical (unpaired) electrons. The van der Waals surface area contributed by atoms with Crippen LogP contribution < -0.4 is 5.32 Å². The molecular weight excluding hydrogens is 488 g/mol. The van der Waals surface area contributed by atoms with E-state index in [1.54, 1.807) is 24.3 Å². The second-order valence-electron chi connectivity index (χ2n) is 7.08. The van der Waals surface area contributed by atoms with Crippen LogP contribution in [0.3, 0.4) is 0 Å². The van der Waals surface area contributed by atoms with Gasteiger partial charge < -0.3 is 5.32 Å². The van der Waals surface area contributed by atoms with Gasteiger partial charge in [0, 0.05) is 5.56 Å². The molecule has 2 aromatic carbocycles. The average molecular weight is 505 g/mol. The lowest BCUT2D eigenvalue weighted by Crippen LogP contribution is -2.18. The summed E-state index contributed by atoms with van der Waals surface area (Å²) in [5.74, 6) is -1.04. The van der Waals surface area contributed by atoms with Crippen LogP contribution in [0.4, 0.5) is 23.2 Å². The van der Waals surface area contributed by atoms with Crippen LogP contribution >= 0.6 is 23.1 Å². The number of aryl methyl sites for hydroxylation is 1. The number of benzene rings is 2. The largest absolute Gasteiger partial charge is 0.418 e. The van der Waals surface area contributed by atoms with Gasteiger partial charge in [0.25, 0.3) is 0 Å². The number of thiazole rings is 1. The molecule has 5 nitrogen and oxygen atoms in total. The molecule has 174 valence electrons. The lowest BCUT2D eigenvalue weighted by molar-refractivity contribution is -0.137. The van der Waals surface area contributed by atoms with Crippen molar-refractivity contribution in [2.45, 2.75) is 18.1 Å². The van der Waals surface area contributed by atoms with Crippen molar-refractivity contribution in [1.29, 1.82) is 0 Å². The summed E-state index contributed by atoms with van der Waals surface area (Å²) in [6.45, 7) is 1.84. The average Bonchev–Trinajstić information content (AvgIpc) is 3.19. The highest BCUT2D eigenvalue weighted by Crippen LogP contribution is 2.35. The van der Waals surface area contributed by atoms with Gasteiger partial charge in [0.2, 0.25) is 5.91 Å². The Morgan fingerprint density at radius 1 is 1.03 bits per heavy atom. The Morgan fingerprint density at radius 3 is 2.44 bits per heavy atom. The van der Waals surface area contributed by atoms with Crippen LogP contribution in [0.2, 0.25) is 0 Å². The standard InChI is InChI=1S/C23H16F4N4OS2/c1-13-21(34-22(28-13)14-6-8-15(24)9-7-14)18-10-11-20(31-30-18)33-12-19(32)29-17-5-3-2-4-16(17)23(25,26)27/h2-11H,12H2,1H3,(H,29,32). The molecule has 11 heteroatoms. The normalized spacial score (nSPS) is 11.4. The second-order valence-corrected chi connectivity index (χ2v) is 9.07. The first kappa shape index (κ1) is 23.8. The number of carbonyl (C=O) groups excluding carboxylic acids is 1. The predicted octanol–water partition coefficient (Wildman–Crippen LogP) is 6.46. The molecule has 1 amide bonds. The van der Waals surface area contributed by atoms with Crippen molar-refractivity contribution < 1.29 is 22.4 Å². The Kier molecular flexibility index (Phi) is 6.94. The number of nitrogens with one attached hydrogen (secondary N) is 1. The van der Waals surface area contributed by atoms with Gasteiger partial charge in [-0.05, 0) is 55.5 Å². The van der Waals surface area contributed by atoms with Crippen LogP contribution in [0, 0.1) is 12.7 Å². The highest BCUT2D eigenvalue weighted by atomic mass is 32.2. The maximum absolute atomic E-state index is 13.2. The first-order chi connectivity index (χ1) is 16.2. The lowest BCUT2D eigenvalue weighted by atomic mass is 10.1. The number of hydrogen-bond acceptors (Lipinski definition) is 6. The van der Waals surface area contributed by atoms with Gasteiger partial charge >= 0.3 is 6.18 Å². The number of amides is 1. The second kappa shape index (κ2) is 9.90. The Balaban J connectivity index is 1.40. The van der Waals surface area contributed by atoms with E-state index >= 15 is 0 Å². The van der Waals surface area contributed by atoms with Crippen molar-refractivity contribution >= 4 is 34.7 Å². The van der Waals surface area contributed by atoms with Gasteiger partial charge in [0.1, 0.15) is 21.5 Å². The molecule has 0 saturated heterocycles. The molecular formula is C23H16F4N4OS2. The molecule has 4 rings (SSSR count). The van der Waals surface area contributed by atoms with Gasteiger partial charge in [0.05, 0.1) is 27.6 Å². The Hall–Kier alpha value is -3.31. The number of halogens is 4. The van der Waals surface area contributed by atoms with E-state index in [1.807, 2.05) is 6.92 Å². The summed E-state index contributed by atoms with van der Waals surface area (Å²) in [5.41, 5.74) is 0.939. The maximum atomic E-state index is 13.2. The number of aromatic nitrogens is 3. The summed E-state index contributed by atoms with van der Waals surface area (Å²) in [4.78, 5) is 17.5. The number of anilines is 1. The highest BCUT2D eigenvalue weighted by molar-refractivity contribution is 7.99. The number of para-hydroxylation sites is 1. The minimum Gasteiger partial charge on any atom is -0.325 e. The number of carbonyl (C=O) groups is 1.